The molecule has 1 aliphatic carbocycles. The second-order valence-electron chi connectivity index (χ2n) is 5.49. The molecule has 1 saturated carbocycles. The van der Waals surface area contributed by atoms with Gasteiger partial charge in [0, 0.05) is 11.7 Å². The summed E-state index contributed by atoms with van der Waals surface area (Å²) in [4.78, 5) is 0.142. The molecule has 0 heterocycles. The first-order valence-electron chi connectivity index (χ1n) is 6.97. The predicted octanol–water partition coefficient (Wildman–Crippen LogP) is 2.69. The third-order valence-corrected chi connectivity index (χ3v) is 4.89. The molecule has 0 saturated heterocycles. The fourth-order valence-electron chi connectivity index (χ4n) is 2.71. The Bertz CT molecular complexity index is 706. The summed E-state index contributed by atoms with van der Waals surface area (Å²) < 4.78 is 22.4. The molecule has 1 aliphatic rings. The molecule has 0 aromatic heterocycles. The summed E-state index contributed by atoms with van der Waals surface area (Å²) in [5.74, 6) is 0.618. The Balaban J connectivity index is 1.57. The van der Waals surface area contributed by atoms with Gasteiger partial charge in [0.05, 0.1) is 4.90 Å². The van der Waals surface area contributed by atoms with Crippen LogP contribution in [-0.4, -0.2) is 14.5 Å². The lowest BCUT2D eigenvalue weighted by Gasteiger charge is -2.37. The smallest absolute Gasteiger partial charge is 0.238 e. The van der Waals surface area contributed by atoms with Gasteiger partial charge in [-0.15, -0.1) is 0 Å². The monoisotopic (exact) mass is 302 g/mol. The molecule has 2 aromatic carbocycles. The molecule has 0 bridgehead atoms. The molecule has 0 amide bonds. The molecule has 3 rings (SSSR count). The summed E-state index contributed by atoms with van der Waals surface area (Å²) in [7, 11) is -3.61. The quantitative estimate of drug-likeness (QED) is 0.912. The summed E-state index contributed by atoms with van der Waals surface area (Å²) in [5, 5.41) is 8.50. The van der Waals surface area contributed by atoms with E-state index in [0.717, 1.165) is 18.5 Å². The fraction of sp³-hybridized carbons (Fsp3) is 0.250. The maximum Gasteiger partial charge on any atom is 0.238 e. The van der Waals surface area contributed by atoms with Crippen LogP contribution in [0.4, 0.5) is 5.69 Å². The van der Waals surface area contributed by atoms with Crippen molar-refractivity contribution in [2.75, 3.05) is 5.32 Å². The summed E-state index contributed by atoms with van der Waals surface area (Å²) in [5.41, 5.74) is 2.32. The van der Waals surface area contributed by atoms with Crippen molar-refractivity contribution < 1.29 is 8.42 Å². The van der Waals surface area contributed by atoms with E-state index in [2.05, 4.69) is 29.6 Å². The number of hydrogen-bond donors (Lipinski definition) is 2. The minimum atomic E-state index is -3.61. The number of rotatable bonds is 4. The summed E-state index contributed by atoms with van der Waals surface area (Å²) in [6.45, 7) is 0. The van der Waals surface area contributed by atoms with Gasteiger partial charge in [0.2, 0.25) is 10.0 Å². The van der Waals surface area contributed by atoms with Crippen LogP contribution in [-0.2, 0) is 10.0 Å². The molecule has 0 atom stereocenters. The van der Waals surface area contributed by atoms with E-state index >= 15 is 0 Å². The number of benzene rings is 2. The highest BCUT2D eigenvalue weighted by atomic mass is 32.2. The zero-order valence-corrected chi connectivity index (χ0v) is 12.4. The summed E-state index contributed by atoms with van der Waals surface area (Å²) in [6, 6.07) is 17.5. The first kappa shape index (κ1) is 14.1. The van der Waals surface area contributed by atoms with Crippen LogP contribution >= 0.6 is 0 Å². The van der Waals surface area contributed by atoms with Gasteiger partial charge in [-0.05, 0) is 48.6 Å². The number of sulfonamides is 1. The third-order valence-electron chi connectivity index (χ3n) is 3.96. The van der Waals surface area contributed by atoms with E-state index in [4.69, 9.17) is 5.14 Å². The second kappa shape index (κ2) is 5.50. The third kappa shape index (κ3) is 3.25. The molecule has 3 N–H and O–H groups in total. The lowest BCUT2D eigenvalue weighted by Crippen LogP contribution is -2.33. The Hall–Kier alpha value is -1.85. The number of nitrogens with two attached hydrogens (primary N) is 1. The Kier molecular flexibility index (Phi) is 3.69. The van der Waals surface area contributed by atoms with E-state index in [1.165, 1.54) is 17.7 Å². The number of nitrogens with one attached hydrogen (secondary N) is 1. The normalized spacial score (nSPS) is 21.6. The van der Waals surface area contributed by atoms with Gasteiger partial charge in [-0.25, -0.2) is 13.6 Å². The fourth-order valence-corrected chi connectivity index (χ4v) is 3.23. The molecule has 0 spiro atoms. The van der Waals surface area contributed by atoms with Crippen LogP contribution in [0.1, 0.15) is 24.3 Å². The van der Waals surface area contributed by atoms with Crippen molar-refractivity contribution >= 4 is 15.7 Å². The zero-order valence-electron chi connectivity index (χ0n) is 11.6. The summed E-state index contributed by atoms with van der Waals surface area (Å²) >= 11 is 0. The van der Waals surface area contributed by atoms with Crippen LogP contribution in [0.5, 0.6) is 0 Å². The van der Waals surface area contributed by atoms with Crippen molar-refractivity contribution in [2.45, 2.75) is 29.7 Å². The zero-order chi connectivity index (χ0) is 14.9. The van der Waals surface area contributed by atoms with Crippen LogP contribution in [0.15, 0.2) is 59.5 Å². The van der Waals surface area contributed by atoms with Gasteiger partial charge in [-0.2, -0.15) is 0 Å². The highest BCUT2D eigenvalue weighted by Gasteiger charge is 2.29. The van der Waals surface area contributed by atoms with E-state index in [1.54, 1.807) is 12.1 Å². The molecule has 110 valence electrons. The van der Waals surface area contributed by atoms with E-state index in [9.17, 15) is 8.42 Å². The van der Waals surface area contributed by atoms with Crippen LogP contribution < -0.4 is 10.5 Å². The van der Waals surface area contributed by atoms with Crippen LogP contribution in [0, 0.1) is 0 Å². The maximum atomic E-state index is 11.2. The molecular weight excluding hydrogens is 284 g/mol. The first-order chi connectivity index (χ1) is 10.0. The Labute approximate surface area is 125 Å². The highest BCUT2D eigenvalue weighted by Crippen LogP contribution is 2.38. The number of hydrogen-bond acceptors (Lipinski definition) is 3. The van der Waals surface area contributed by atoms with Crippen molar-refractivity contribution in [3.05, 3.63) is 60.2 Å². The lowest BCUT2D eigenvalue weighted by atomic mass is 9.76. The number of anilines is 1. The Morgan fingerprint density at radius 1 is 0.952 bits per heavy atom. The van der Waals surface area contributed by atoms with Gasteiger partial charge in [-0.3, -0.25) is 0 Å². The van der Waals surface area contributed by atoms with Crippen molar-refractivity contribution in [3.63, 3.8) is 0 Å². The average molecular weight is 302 g/mol. The molecular formula is C16H18N2O2S. The van der Waals surface area contributed by atoms with Crippen LogP contribution in [0.3, 0.4) is 0 Å². The van der Waals surface area contributed by atoms with Crippen molar-refractivity contribution in [1.29, 1.82) is 0 Å². The standard InChI is InChI=1S/C16H18N2O2S/c17-21(19,20)16-8-6-14(7-9-16)18-15-10-13(11-15)12-4-2-1-3-5-12/h1-9,13,15,18H,10-11H2,(H2,17,19,20). The molecule has 5 heteroatoms. The van der Waals surface area contributed by atoms with Gasteiger partial charge in [0.25, 0.3) is 0 Å². The summed E-state index contributed by atoms with van der Waals surface area (Å²) in [6.07, 6.45) is 2.20. The van der Waals surface area contributed by atoms with Gasteiger partial charge in [0.1, 0.15) is 0 Å². The first-order valence-corrected chi connectivity index (χ1v) is 8.51. The molecule has 21 heavy (non-hydrogen) atoms. The van der Waals surface area contributed by atoms with E-state index < -0.39 is 10.0 Å². The Morgan fingerprint density at radius 2 is 1.57 bits per heavy atom. The minimum Gasteiger partial charge on any atom is -0.382 e. The van der Waals surface area contributed by atoms with E-state index in [-0.39, 0.29) is 4.90 Å². The molecule has 2 aromatic rings. The maximum absolute atomic E-state index is 11.2. The minimum absolute atomic E-state index is 0.142. The largest absolute Gasteiger partial charge is 0.382 e. The van der Waals surface area contributed by atoms with Crippen molar-refractivity contribution in [3.8, 4) is 0 Å². The highest BCUT2D eigenvalue weighted by molar-refractivity contribution is 7.89. The van der Waals surface area contributed by atoms with Crippen LogP contribution in [0.2, 0.25) is 0 Å². The van der Waals surface area contributed by atoms with Gasteiger partial charge in [0.15, 0.2) is 0 Å². The van der Waals surface area contributed by atoms with Crippen LogP contribution in [0.25, 0.3) is 0 Å². The second-order valence-corrected chi connectivity index (χ2v) is 7.05. The molecule has 1 fully saturated rings. The SMILES string of the molecule is NS(=O)(=O)c1ccc(NC2CC(c3ccccc3)C2)cc1. The molecule has 0 radical (unpaired) electrons. The van der Waals surface area contributed by atoms with E-state index in [0.29, 0.717) is 12.0 Å². The van der Waals surface area contributed by atoms with Gasteiger partial charge >= 0.3 is 0 Å². The average Bonchev–Trinajstić information content (AvgIpc) is 2.43. The topological polar surface area (TPSA) is 72.2 Å². The van der Waals surface area contributed by atoms with Crippen molar-refractivity contribution in [2.24, 2.45) is 5.14 Å². The number of primary sulfonamides is 1. The van der Waals surface area contributed by atoms with E-state index in [1.807, 2.05) is 6.07 Å². The van der Waals surface area contributed by atoms with Gasteiger partial charge in [-0.1, -0.05) is 30.3 Å². The molecule has 0 unspecified atom stereocenters. The van der Waals surface area contributed by atoms with Gasteiger partial charge < -0.3 is 5.32 Å². The Morgan fingerprint density at radius 3 is 2.14 bits per heavy atom. The lowest BCUT2D eigenvalue weighted by molar-refractivity contribution is 0.374. The van der Waals surface area contributed by atoms with Crippen molar-refractivity contribution in [1.82, 2.24) is 0 Å². The molecule has 0 aliphatic heterocycles. The predicted molar refractivity (Wildman–Crippen MR) is 83.6 cm³/mol. The molecule has 4 nitrogen and oxygen atoms in total.